The lowest BCUT2D eigenvalue weighted by molar-refractivity contribution is 1.17. The van der Waals surface area contributed by atoms with Crippen LogP contribution in [0.3, 0.4) is 0 Å². The quantitative estimate of drug-likeness (QED) is 0.842. The average molecular weight is 219 g/mol. The predicted molar refractivity (Wildman–Crippen MR) is 63.8 cm³/mol. The van der Waals surface area contributed by atoms with E-state index >= 15 is 0 Å². The summed E-state index contributed by atoms with van der Waals surface area (Å²) in [4.78, 5) is 9.83. The van der Waals surface area contributed by atoms with Crippen molar-refractivity contribution in [2.75, 3.05) is 5.32 Å². The van der Waals surface area contributed by atoms with Crippen molar-refractivity contribution in [1.82, 2.24) is 9.97 Å². The van der Waals surface area contributed by atoms with Crippen LogP contribution in [0.15, 0.2) is 18.3 Å². The Labute approximate surface area is 93.2 Å². The summed E-state index contributed by atoms with van der Waals surface area (Å²) in [6.07, 6.45) is 1.86. The Morgan fingerprint density at radius 2 is 2.00 bits per heavy atom. The van der Waals surface area contributed by atoms with Gasteiger partial charge in [-0.3, -0.25) is 0 Å². The van der Waals surface area contributed by atoms with Crippen LogP contribution in [0.2, 0.25) is 0 Å². The molecule has 0 aliphatic carbocycles. The van der Waals surface area contributed by atoms with Crippen LogP contribution < -0.4 is 5.32 Å². The summed E-state index contributed by atoms with van der Waals surface area (Å²) in [5.74, 6) is 0.863. The second kappa shape index (κ2) is 3.98. The Morgan fingerprint density at radius 3 is 2.60 bits per heavy atom. The van der Waals surface area contributed by atoms with E-state index in [-0.39, 0.29) is 0 Å². The number of aryl methyl sites for hydroxylation is 3. The van der Waals surface area contributed by atoms with E-state index in [1.54, 1.807) is 11.3 Å². The van der Waals surface area contributed by atoms with Crippen molar-refractivity contribution < 1.29 is 0 Å². The molecule has 0 saturated heterocycles. The summed E-state index contributed by atoms with van der Waals surface area (Å²) >= 11 is 1.63. The van der Waals surface area contributed by atoms with E-state index in [0.29, 0.717) is 0 Å². The number of hydrogen-bond acceptors (Lipinski definition) is 4. The van der Waals surface area contributed by atoms with E-state index in [0.717, 1.165) is 16.6 Å². The smallest absolute Gasteiger partial charge is 0.188 e. The Kier molecular flexibility index (Phi) is 2.68. The first-order valence-corrected chi connectivity index (χ1v) is 5.60. The van der Waals surface area contributed by atoms with Crippen molar-refractivity contribution in [3.8, 4) is 0 Å². The highest BCUT2D eigenvalue weighted by molar-refractivity contribution is 7.15. The van der Waals surface area contributed by atoms with Gasteiger partial charge in [-0.2, -0.15) is 0 Å². The summed E-state index contributed by atoms with van der Waals surface area (Å²) < 4.78 is 0. The second-order valence-corrected chi connectivity index (χ2v) is 4.81. The van der Waals surface area contributed by atoms with Gasteiger partial charge in [0.2, 0.25) is 0 Å². The van der Waals surface area contributed by atoms with E-state index in [9.17, 15) is 0 Å². The van der Waals surface area contributed by atoms with Gasteiger partial charge in [0.1, 0.15) is 5.82 Å². The summed E-state index contributed by atoms with van der Waals surface area (Å²) in [5, 5.41) is 4.10. The van der Waals surface area contributed by atoms with Crippen molar-refractivity contribution in [2.45, 2.75) is 20.8 Å². The number of nitrogens with zero attached hydrogens (tertiary/aromatic N) is 2. The molecule has 1 N–H and O–H groups in total. The molecule has 0 aromatic carbocycles. The number of pyridine rings is 1. The van der Waals surface area contributed by atoms with Crippen LogP contribution in [-0.4, -0.2) is 9.97 Å². The number of nitrogens with one attached hydrogen (secondary N) is 1. The van der Waals surface area contributed by atoms with E-state index < -0.39 is 0 Å². The lowest BCUT2D eigenvalue weighted by atomic mass is 10.2. The molecule has 0 radical (unpaired) electrons. The molecule has 2 heterocycles. The van der Waals surface area contributed by atoms with E-state index in [1.807, 2.05) is 26.1 Å². The van der Waals surface area contributed by atoms with Gasteiger partial charge in [0.25, 0.3) is 0 Å². The van der Waals surface area contributed by atoms with Crippen LogP contribution in [0, 0.1) is 20.8 Å². The third-order valence-corrected chi connectivity index (χ3v) is 2.78. The van der Waals surface area contributed by atoms with Gasteiger partial charge in [-0.25, -0.2) is 9.97 Å². The van der Waals surface area contributed by atoms with Crippen molar-refractivity contribution in [2.24, 2.45) is 0 Å². The first-order chi connectivity index (χ1) is 7.13. The summed E-state index contributed by atoms with van der Waals surface area (Å²) in [5.41, 5.74) is 2.23. The monoisotopic (exact) mass is 219 g/mol. The fourth-order valence-corrected chi connectivity index (χ4v) is 2.10. The number of hydrogen-bond donors (Lipinski definition) is 1. The highest BCUT2D eigenvalue weighted by atomic mass is 32.1. The number of aromatic nitrogens is 2. The fourth-order valence-electron chi connectivity index (χ4n) is 1.43. The molecule has 0 spiro atoms. The zero-order valence-electron chi connectivity index (χ0n) is 9.03. The molecule has 0 amide bonds. The first kappa shape index (κ1) is 10.1. The Bertz CT molecular complexity index is 456. The van der Waals surface area contributed by atoms with Gasteiger partial charge < -0.3 is 5.32 Å². The molecule has 2 aromatic rings. The van der Waals surface area contributed by atoms with Crippen LogP contribution in [0.5, 0.6) is 0 Å². The Morgan fingerprint density at radius 1 is 1.20 bits per heavy atom. The lowest BCUT2D eigenvalue weighted by Crippen LogP contribution is -1.95. The van der Waals surface area contributed by atoms with Crippen LogP contribution in [0.4, 0.5) is 10.9 Å². The predicted octanol–water partition coefficient (Wildman–Crippen LogP) is 3.21. The third-order valence-electron chi connectivity index (χ3n) is 1.95. The molecule has 4 heteroatoms. The van der Waals surface area contributed by atoms with Gasteiger partial charge in [-0.05, 0) is 38.5 Å². The Hall–Kier alpha value is -1.42. The summed E-state index contributed by atoms with van der Waals surface area (Å²) in [7, 11) is 0. The Balaban J connectivity index is 2.24. The molecule has 15 heavy (non-hydrogen) atoms. The molecule has 0 fully saturated rings. The van der Waals surface area contributed by atoms with Crippen molar-refractivity contribution in [3.05, 3.63) is 34.5 Å². The summed E-state index contributed by atoms with van der Waals surface area (Å²) in [6.45, 7) is 6.09. The molecule has 0 bridgehead atoms. The zero-order valence-corrected chi connectivity index (χ0v) is 9.85. The standard InChI is InChI=1S/C11H13N3S/c1-7-4-8(2)13-10(5-7)14-11-12-6-9(3)15-11/h4-6H,1-3H3,(H,12,13,14). The van der Waals surface area contributed by atoms with E-state index in [4.69, 9.17) is 0 Å². The maximum Gasteiger partial charge on any atom is 0.188 e. The van der Waals surface area contributed by atoms with Gasteiger partial charge in [-0.1, -0.05) is 0 Å². The molecule has 78 valence electrons. The molecule has 0 unspecified atom stereocenters. The van der Waals surface area contributed by atoms with Crippen LogP contribution in [0.25, 0.3) is 0 Å². The van der Waals surface area contributed by atoms with Crippen molar-refractivity contribution in [3.63, 3.8) is 0 Å². The highest BCUT2D eigenvalue weighted by Crippen LogP contribution is 2.21. The first-order valence-electron chi connectivity index (χ1n) is 4.78. The van der Waals surface area contributed by atoms with Gasteiger partial charge in [0, 0.05) is 16.8 Å². The minimum absolute atomic E-state index is 0.863. The number of rotatable bonds is 2. The van der Waals surface area contributed by atoms with Crippen molar-refractivity contribution in [1.29, 1.82) is 0 Å². The second-order valence-electron chi connectivity index (χ2n) is 3.57. The average Bonchev–Trinajstić information content (AvgIpc) is 2.49. The topological polar surface area (TPSA) is 37.8 Å². The molecule has 0 atom stereocenters. The fraction of sp³-hybridized carbons (Fsp3) is 0.273. The third kappa shape index (κ3) is 2.53. The van der Waals surface area contributed by atoms with Gasteiger partial charge >= 0.3 is 0 Å². The maximum absolute atomic E-state index is 4.39. The highest BCUT2D eigenvalue weighted by Gasteiger charge is 2.01. The molecule has 0 aliphatic rings. The van der Waals surface area contributed by atoms with E-state index in [1.165, 1.54) is 10.4 Å². The number of thiazole rings is 1. The zero-order chi connectivity index (χ0) is 10.8. The van der Waals surface area contributed by atoms with Gasteiger partial charge in [-0.15, -0.1) is 11.3 Å². The molecule has 0 aliphatic heterocycles. The van der Waals surface area contributed by atoms with Crippen LogP contribution in [-0.2, 0) is 0 Å². The summed E-state index contributed by atoms with van der Waals surface area (Å²) in [6, 6.07) is 4.07. The molecule has 2 aromatic heterocycles. The molecule has 0 saturated carbocycles. The normalized spacial score (nSPS) is 10.3. The minimum atomic E-state index is 0.863. The molecular formula is C11H13N3S. The SMILES string of the molecule is Cc1cc(C)nc(Nc2ncc(C)s2)c1. The van der Waals surface area contributed by atoms with Crippen molar-refractivity contribution >= 4 is 22.3 Å². The van der Waals surface area contributed by atoms with Gasteiger partial charge in [0.15, 0.2) is 5.13 Å². The minimum Gasteiger partial charge on any atom is -0.316 e. The van der Waals surface area contributed by atoms with Crippen LogP contribution in [0.1, 0.15) is 16.1 Å². The van der Waals surface area contributed by atoms with E-state index in [2.05, 4.69) is 28.3 Å². The van der Waals surface area contributed by atoms with Crippen LogP contribution >= 0.6 is 11.3 Å². The molecule has 2 rings (SSSR count). The molecule has 3 nitrogen and oxygen atoms in total. The lowest BCUT2D eigenvalue weighted by Gasteiger charge is -2.04. The largest absolute Gasteiger partial charge is 0.316 e. The van der Waals surface area contributed by atoms with Gasteiger partial charge in [0.05, 0.1) is 0 Å². The maximum atomic E-state index is 4.39. The molecular weight excluding hydrogens is 206 g/mol. The number of anilines is 2.